The van der Waals surface area contributed by atoms with Crippen molar-refractivity contribution in [2.75, 3.05) is 5.32 Å². The summed E-state index contributed by atoms with van der Waals surface area (Å²) in [4.78, 5) is 11.8. The lowest BCUT2D eigenvalue weighted by Gasteiger charge is -2.15. The fourth-order valence-electron chi connectivity index (χ4n) is 1.29. The average Bonchev–Trinajstić information content (AvgIpc) is 2.27. The number of nitrogens with two attached hydrogens (primary N) is 1. The summed E-state index contributed by atoms with van der Waals surface area (Å²) in [7, 11) is -3.69. The Morgan fingerprint density at radius 3 is 2.06 bits per heavy atom. The first-order chi connectivity index (χ1) is 8.21. The maximum atomic E-state index is 11.8. The molecule has 3 N–H and O–H groups in total. The Kier molecular flexibility index (Phi) is 4.48. The molecule has 0 spiro atoms. The van der Waals surface area contributed by atoms with Gasteiger partial charge in [0.2, 0.25) is 15.9 Å². The number of sulfonamides is 1. The van der Waals surface area contributed by atoms with Gasteiger partial charge in [0.15, 0.2) is 0 Å². The lowest BCUT2D eigenvalue weighted by Crippen LogP contribution is -2.24. The second-order valence-corrected chi connectivity index (χ2v) is 6.15. The van der Waals surface area contributed by atoms with E-state index in [4.69, 9.17) is 5.14 Å². The maximum Gasteiger partial charge on any atom is 0.238 e. The van der Waals surface area contributed by atoms with Gasteiger partial charge in [-0.15, -0.1) is 0 Å². The van der Waals surface area contributed by atoms with Crippen LogP contribution in [0.1, 0.15) is 20.8 Å². The molecule has 1 rings (SSSR count). The summed E-state index contributed by atoms with van der Waals surface area (Å²) in [6.07, 6.45) is 0. The Morgan fingerprint density at radius 2 is 1.67 bits per heavy atom. The summed E-state index contributed by atoms with van der Waals surface area (Å²) in [6.45, 7) is 5.78. The van der Waals surface area contributed by atoms with Gasteiger partial charge in [-0.3, -0.25) is 4.79 Å². The second kappa shape index (κ2) is 5.49. The lowest BCUT2D eigenvalue weighted by atomic mass is 9.97. The predicted octanol–water partition coefficient (Wildman–Crippen LogP) is 1.56. The van der Waals surface area contributed by atoms with E-state index in [9.17, 15) is 13.2 Å². The monoisotopic (exact) mass is 270 g/mol. The summed E-state index contributed by atoms with van der Waals surface area (Å²) < 4.78 is 22.1. The third kappa shape index (κ3) is 3.82. The zero-order valence-corrected chi connectivity index (χ0v) is 11.5. The van der Waals surface area contributed by atoms with Crippen molar-refractivity contribution >= 4 is 21.6 Å². The van der Waals surface area contributed by atoms with Crippen LogP contribution in [0.25, 0.3) is 0 Å². The lowest BCUT2D eigenvalue weighted by molar-refractivity contribution is -0.120. The van der Waals surface area contributed by atoms with Crippen LogP contribution in [0.3, 0.4) is 0 Å². The maximum absolute atomic E-state index is 11.8. The fourth-order valence-corrected chi connectivity index (χ4v) is 1.80. The van der Waals surface area contributed by atoms with Crippen molar-refractivity contribution in [2.24, 2.45) is 17.0 Å². The van der Waals surface area contributed by atoms with E-state index in [1.54, 1.807) is 0 Å². The molecule has 0 aliphatic carbocycles. The SMILES string of the molecule is CC(C)C(C)C(=O)Nc1ccc(S(N)(=O)=O)cc1. The van der Waals surface area contributed by atoms with Crippen molar-refractivity contribution in [1.82, 2.24) is 0 Å². The summed E-state index contributed by atoms with van der Waals surface area (Å²) in [6, 6.07) is 5.77. The molecule has 0 bridgehead atoms. The topological polar surface area (TPSA) is 89.3 Å². The van der Waals surface area contributed by atoms with Gasteiger partial charge in [-0.25, -0.2) is 13.6 Å². The minimum absolute atomic E-state index is 0.0254. The van der Waals surface area contributed by atoms with E-state index in [0.717, 1.165) is 0 Å². The number of anilines is 1. The number of benzene rings is 1. The van der Waals surface area contributed by atoms with E-state index in [1.807, 2.05) is 20.8 Å². The number of hydrogen-bond donors (Lipinski definition) is 2. The van der Waals surface area contributed by atoms with Crippen LogP contribution < -0.4 is 10.5 Å². The standard InChI is InChI=1S/C12H18N2O3S/c1-8(2)9(3)12(15)14-10-4-6-11(7-5-10)18(13,16)17/h4-9H,1-3H3,(H,14,15)(H2,13,16,17). The summed E-state index contributed by atoms with van der Waals surface area (Å²) in [5.41, 5.74) is 0.555. The molecule has 0 heterocycles. The molecule has 0 saturated carbocycles. The Balaban J connectivity index is 2.79. The van der Waals surface area contributed by atoms with Crippen molar-refractivity contribution in [3.05, 3.63) is 24.3 Å². The van der Waals surface area contributed by atoms with Crippen LogP contribution in [0, 0.1) is 11.8 Å². The van der Waals surface area contributed by atoms with Gasteiger partial charge in [0.1, 0.15) is 0 Å². The van der Waals surface area contributed by atoms with Crippen LogP contribution in [-0.2, 0) is 14.8 Å². The Bertz CT molecular complexity index is 521. The first-order valence-corrected chi connectivity index (χ1v) is 7.20. The molecule has 6 heteroatoms. The highest BCUT2D eigenvalue weighted by Gasteiger charge is 2.16. The molecule has 18 heavy (non-hydrogen) atoms. The van der Waals surface area contributed by atoms with Crippen LogP contribution >= 0.6 is 0 Å². The van der Waals surface area contributed by atoms with Gasteiger partial charge in [-0.2, -0.15) is 0 Å². The van der Waals surface area contributed by atoms with Crippen LogP contribution in [0.2, 0.25) is 0 Å². The number of rotatable bonds is 4. The minimum Gasteiger partial charge on any atom is -0.326 e. The number of amides is 1. The van der Waals surface area contributed by atoms with Crippen molar-refractivity contribution in [1.29, 1.82) is 0 Å². The van der Waals surface area contributed by atoms with Gasteiger partial charge in [0, 0.05) is 11.6 Å². The first kappa shape index (κ1) is 14.7. The Morgan fingerprint density at radius 1 is 1.17 bits per heavy atom. The van der Waals surface area contributed by atoms with E-state index < -0.39 is 10.0 Å². The number of carbonyl (C=O) groups is 1. The molecular formula is C12H18N2O3S. The molecular weight excluding hydrogens is 252 g/mol. The largest absolute Gasteiger partial charge is 0.326 e. The van der Waals surface area contributed by atoms with Crippen molar-refractivity contribution in [2.45, 2.75) is 25.7 Å². The summed E-state index contributed by atoms with van der Waals surface area (Å²) in [5.74, 6) is 0.0463. The molecule has 0 saturated heterocycles. The van der Waals surface area contributed by atoms with Crippen LogP contribution in [0.4, 0.5) is 5.69 Å². The third-order valence-corrected chi connectivity index (χ3v) is 3.79. The average molecular weight is 270 g/mol. The smallest absolute Gasteiger partial charge is 0.238 e. The highest BCUT2D eigenvalue weighted by Crippen LogP contribution is 2.16. The molecule has 1 amide bonds. The van der Waals surface area contributed by atoms with Gasteiger partial charge in [0.05, 0.1) is 4.90 Å². The zero-order valence-electron chi connectivity index (χ0n) is 10.7. The summed E-state index contributed by atoms with van der Waals surface area (Å²) >= 11 is 0. The second-order valence-electron chi connectivity index (χ2n) is 4.59. The van der Waals surface area contributed by atoms with E-state index in [2.05, 4.69) is 5.32 Å². The minimum atomic E-state index is -3.69. The van der Waals surface area contributed by atoms with Crippen LogP contribution in [-0.4, -0.2) is 14.3 Å². The number of nitrogens with one attached hydrogen (secondary N) is 1. The highest BCUT2D eigenvalue weighted by atomic mass is 32.2. The van der Waals surface area contributed by atoms with Gasteiger partial charge in [0.25, 0.3) is 0 Å². The molecule has 1 aromatic carbocycles. The van der Waals surface area contributed by atoms with Crippen molar-refractivity contribution < 1.29 is 13.2 Å². The van der Waals surface area contributed by atoms with E-state index in [-0.39, 0.29) is 22.6 Å². The molecule has 0 radical (unpaired) electrons. The summed E-state index contributed by atoms with van der Waals surface area (Å²) in [5, 5.41) is 7.71. The third-order valence-electron chi connectivity index (χ3n) is 2.86. The van der Waals surface area contributed by atoms with Gasteiger partial charge in [-0.05, 0) is 30.2 Å². The normalized spacial score (nSPS) is 13.4. The number of primary sulfonamides is 1. The quantitative estimate of drug-likeness (QED) is 0.870. The number of hydrogen-bond acceptors (Lipinski definition) is 3. The molecule has 0 aliphatic heterocycles. The molecule has 1 aromatic rings. The molecule has 0 fully saturated rings. The predicted molar refractivity (Wildman–Crippen MR) is 70.4 cm³/mol. The van der Waals surface area contributed by atoms with Gasteiger partial charge >= 0.3 is 0 Å². The fraction of sp³-hybridized carbons (Fsp3) is 0.417. The van der Waals surface area contributed by atoms with E-state index in [1.165, 1.54) is 24.3 Å². The van der Waals surface area contributed by atoms with Gasteiger partial charge < -0.3 is 5.32 Å². The zero-order chi connectivity index (χ0) is 13.9. The van der Waals surface area contributed by atoms with E-state index >= 15 is 0 Å². The molecule has 0 aliphatic rings. The van der Waals surface area contributed by atoms with E-state index in [0.29, 0.717) is 5.69 Å². The van der Waals surface area contributed by atoms with Crippen molar-refractivity contribution in [3.8, 4) is 0 Å². The van der Waals surface area contributed by atoms with Crippen molar-refractivity contribution in [3.63, 3.8) is 0 Å². The Labute approximate surface area is 107 Å². The number of carbonyl (C=O) groups excluding carboxylic acids is 1. The first-order valence-electron chi connectivity index (χ1n) is 5.65. The molecule has 100 valence electrons. The van der Waals surface area contributed by atoms with Gasteiger partial charge in [-0.1, -0.05) is 20.8 Å². The van der Waals surface area contributed by atoms with Crippen LogP contribution in [0.5, 0.6) is 0 Å². The van der Waals surface area contributed by atoms with Crippen LogP contribution in [0.15, 0.2) is 29.2 Å². The molecule has 1 atom stereocenters. The molecule has 1 unspecified atom stereocenters. The Hall–Kier alpha value is -1.40. The molecule has 5 nitrogen and oxygen atoms in total. The highest BCUT2D eigenvalue weighted by molar-refractivity contribution is 7.89. The molecule has 0 aromatic heterocycles.